The number of hydrogen-bond acceptors (Lipinski definition) is 2. The molecule has 1 aliphatic carbocycles. The van der Waals surface area contributed by atoms with E-state index in [-0.39, 0.29) is 0 Å². The summed E-state index contributed by atoms with van der Waals surface area (Å²) in [5.74, 6) is 3.41. The molecule has 1 aromatic heterocycles. The molecule has 1 aromatic rings. The number of aromatic nitrogens is 3. The predicted octanol–water partition coefficient (Wildman–Crippen LogP) is 4.07. The van der Waals surface area contributed by atoms with Crippen LogP contribution in [0.1, 0.15) is 52.3 Å². The number of hydrogen-bond donors (Lipinski definition) is 0. The molecule has 3 unspecified atom stereocenters. The lowest BCUT2D eigenvalue weighted by Gasteiger charge is -2.32. The van der Waals surface area contributed by atoms with Crippen LogP contribution in [0, 0.1) is 17.8 Å². The summed E-state index contributed by atoms with van der Waals surface area (Å²) in [6.07, 6.45) is 8.11. The van der Waals surface area contributed by atoms with Gasteiger partial charge in [0, 0.05) is 17.8 Å². The van der Waals surface area contributed by atoms with Gasteiger partial charge in [-0.1, -0.05) is 43.1 Å². The zero-order valence-corrected chi connectivity index (χ0v) is 13.9. The fraction of sp³-hybridized carbons (Fsp3) is 0.867. The molecule has 1 fully saturated rings. The normalized spacial score (nSPS) is 27.9. The first kappa shape index (κ1) is 15.0. The van der Waals surface area contributed by atoms with E-state index in [1.54, 1.807) is 6.33 Å². The van der Waals surface area contributed by atoms with Crippen molar-refractivity contribution in [3.8, 4) is 0 Å². The fourth-order valence-corrected chi connectivity index (χ4v) is 3.75. The molecule has 0 bridgehead atoms. The van der Waals surface area contributed by atoms with E-state index in [9.17, 15) is 0 Å². The molecule has 1 saturated carbocycles. The molecule has 1 aliphatic rings. The van der Waals surface area contributed by atoms with Crippen molar-refractivity contribution in [2.45, 2.75) is 64.2 Å². The quantitative estimate of drug-likeness (QED) is 0.763. The molecular weight excluding hydrogens is 302 g/mol. The van der Waals surface area contributed by atoms with Crippen molar-refractivity contribution in [1.82, 2.24) is 14.8 Å². The number of rotatable bonds is 5. The smallest absolute Gasteiger partial charge is 0.138 e. The van der Waals surface area contributed by atoms with Gasteiger partial charge in [0.15, 0.2) is 0 Å². The van der Waals surface area contributed by atoms with Crippen LogP contribution < -0.4 is 0 Å². The Morgan fingerprint density at radius 1 is 1.42 bits per heavy atom. The Morgan fingerprint density at radius 3 is 2.89 bits per heavy atom. The summed E-state index contributed by atoms with van der Waals surface area (Å²) in [6, 6.07) is 0. The van der Waals surface area contributed by atoms with Crippen LogP contribution in [0.2, 0.25) is 0 Å². The average molecular weight is 328 g/mol. The maximum Gasteiger partial charge on any atom is 0.138 e. The van der Waals surface area contributed by atoms with E-state index in [0.717, 1.165) is 18.9 Å². The lowest BCUT2D eigenvalue weighted by molar-refractivity contribution is 0.265. The minimum absolute atomic E-state index is 0.620. The lowest BCUT2D eigenvalue weighted by Crippen LogP contribution is -2.28. The molecule has 3 atom stereocenters. The van der Waals surface area contributed by atoms with Gasteiger partial charge in [-0.3, -0.25) is 0 Å². The van der Waals surface area contributed by atoms with Gasteiger partial charge in [-0.2, -0.15) is 5.10 Å². The summed E-state index contributed by atoms with van der Waals surface area (Å²) in [5.41, 5.74) is 0. The number of nitrogens with zero attached hydrogens (tertiary/aromatic N) is 3. The van der Waals surface area contributed by atoms with Gasteiger partial charge in [0.1, 0.15) is 12.2 Å². The van der Waals surface area contributed by atoms with Crippen LogP contribution in [0.4, 0.5) is 0 Å². The Labute approximate surface area is 125 Å². The maximum absolute atomic E-state index is 4.48. The summed E-state index contributed by atoms with van der Waals surface area (Å²) in [4.78, 5) is 5.13. The van der Waals surface area contributed by atoms with E-state index in [4.69, 9.17) is 0 Å². The molecule has 0 saturated heterocycles. The maximum atomic E-state index is 4.48. The van der Waals surface area contributed by atoms with Gasteiger partial charge < -0.3 is 0 Å². The van der Waals surface area contributed by atoms with Crippen molar-refractivity contribution in [3.63, 3.8) is 0 Å². The van der Waals surface area contributed by atoms with Gasteiger partial charge in [0.25, 0.3) is 0 Å². The van der Waals surface area contributed by atoms with Crippen LogP contribution in [0.3, 0.4) is 0 Å². The van der Waals surface area contributed by atoms with Gasteiger partial charge >= 0.3 is 0 Å². The highest BCUT2D eigenvalue weighted by Gasteiger charge is 2.29. The summed E-state index contributed by atoms with van der Waals surface area (Å²) < 4.78 is 2.10. The topological polar surface area (TPSA) is 30.7 Å². The van der Waals surface area contributed by atoms with Crippen LogP contribution >= 0.6 is 15.9 Å². The third-order valence-corrected chi connectivity index (χ3v) is 5.46. The van der Waals surface area contributed by atoms with Crippen LogP contribution in [0.15, 0.2) is 6.33 Å². The Bertz CT molecular complexity index is 388. The molecular formula is C15H26BrN3. The standard InChI is InChI=1S/C15H26BrN3/c1-4-12-5-6-14(16)13(7-12)8-15-17-10-18-19(15)9-11(2)3/h10-14H,4-9H2,1-3H3. The zero-order valence-electron chi connectivity index (χ0n) is 12.3. The first-order valence-electron chi connectivity index (χ1n) is 7.60. The first-order chi connectivity index (χ1) is 9.10. The Kier molecular flexibility index (Phi) is 5.43. The van der Waals surface area contributed by atoms with Crippen molar-refractivity contribution in [2.75, 3.05) is 0 Å². The SMILES string of the molecule is CCC1CCC(Br)C(Cc2ncnn2CC(C)C)C1. The van der Waals surface area contributed by atoms with Crippen molar-refractivity contribution < 1.29 is 0 Å². The summed E-state index contributed by atoms with van der Waals surface area (Å²) >= 11 is 3.88. The molecule has 0 amide bonds. The van der Waals surface area contributed by atoms with E-state index in [0.29, 0.717) is 16.7 Å². The van der Waals surface area contributed by atoms with Gasteiger partial charge in [-0.25, -0.2) is 9.67 Å². The largest absolute Gasteiger partial charge is 0.250 e. The Balaban J connectivity index is 2.01. The van der Waals surface area contributed by atoms with Crippen molar-refractivity contribution in [1.29, 1.82) is 0 Å². The van der Waals surface area contributed by atoms with E-state index in [1.165, 1.54) is 31.5 Å². The van der Waals surface area contributed by atoms with Gasteiger partial charge in [0.2, 0.25) is 0 Å². The van der Waals surface area contributed by atoms with Crippen molar-refractivity contribution in [2.24, 2.45) is 17.8 Å². The molecule has 0 aromatic carbocycles. The molecule has 0 radical (unpaired) electrons. The van der Waals surface area contributed by atoms with Crippen LogP contribution in [0.25, 0.3) is 0 Å². The van der Waals surface area contributed by atoms with Gasteiger partial charge in [-0.05, 0) is 37.0 Å². The van der Waals surface area contributed by atoms with E-state index < -0.39 is 0 Å². The highest BCUT2D eigenvalue weighted by Crippen LogP contribution is 2.36. The van der Waals surface area contributed by atoms with Gasteiger partial charge in [0.05, 0.1) is 0 Å². The van der Waals surface area contributed by atoms with Crippen LogP contribution in [0.5, 0.6) is 0 Å². The molecule has 0 N–H and O–H groups in total. The van der Waals surface area contributed by atoms with E-state index in [2.05, 4.69) is 51.5 Å². The molecule has 108 valence electrons. The molecule has 1 heterocycles. The molecule has 2 rings (SSSR count). The monoisotopic (exact) mass is 327 g/mol. The van der Waals surface area contributed by atoms with E-state index >= 15 is 0 Å². The molecule has 4 heteroatoms. The van der Waals surface area contributed by atoms with Crippen molar-refractivity contribution >= 4 is 15.9 Å². The minimum Gasteiger partial charge on any atom is -0.250 e. The summed E-state index contributed by atoms with van der Waals surface area (Å²) in [5, 5.41) is 4.38. The Morgan fingerprint density at radius 2 is 2.21 bits per heavy atom. The molecule has 0 spiro atoms. The highest BCUT2D eigenvalue weighted by atomic mass is 79.9. The number of halogens is 1. The third kappa shape index (κ3) is 4.04. The molecule has 3 nitrogen and oxygen atoms in total. The second kappa shape index (κ2) is 6.87. The first-order valence-corrected chi connectivity index (χ1v) is 8.52. The average Bonchev–Trinajstić information content (AvgIpc) is 2.78. The zero-order chi connectivity index (χ0) is 13.8. The summed E-state index contributed by atoms with van der Waals surface area (Å²) in [6.45, 7) is 7.75. The fourth-order valence-electron chi connectivity index (χ4n) is 3.09. The van der Waals surface area contributed by atoms with Crippen LogP contribution in [-0.4, -0.2) is 19.6 Å². The predicted molar refractivity (Wildman–Crippen MR) is 82.4 cm³/mol. The second-order valence-corrected chi connectivity index (χ2v) is 7.50. The lowest BCUT2D eigenvalue weighted by atomic mass is 9.78. The summed E-state index contributed by atoms with van der Waals surface area (Å²) in [7, 11) is 0. The van der Waals surface area contributed by atoms with Crippen LogP contribution in [-0.2, 0) is 13.0 Å². The van der Waals surface area contributed by atoms with Crippen molar-refractivity contribution in [3.05, 3.63) is 12.2 Å². The number of alkyl halides is 1. The second-order valence-electron chi connectivity index (χ2n) is 6.32. The Hall–Kier alpha value is -0.380. The van der Waals surface area contributed by atoms with Gasteiger partial charge in [-0.15, -0.1) is 0 Å². The molecule has 19 heavy (non-hydrogen) atoms. The third-order valence-electron chi connectivity index (χ3n) is 4.25. The molecule has 0 aliphatic heterocycles. The minimum atomic E-state index is 0.620. The van der Waals surface area contributed by atoms with E-state index in [1.807, 2.05) is 0 Å². The highest BCUT2D eigenvalue weighted by molar-refractivity contribution is 9.09.